The number of rotatable bonds is 5. The first-order valence-corrected chi connectivity index (χ1v) is 13.4. The molecule has 6 nitrogen and oxygen atoms in total. The number of benzene rings is 2. The second-order valence-corrected chi connectivity index (χ2v) is 11.5. The summed E-state index contributed by atoms with van der Waals surface area (Å²) >= 11 is 2.87. The van der Waals surface area contributed by atoms with Gasteiger partial charge in [-0.1, -0.05) is 42.3 Å². The van der Waals surface area contributed by atoms with Crippen molar-refractivity contribution >= 4 is 62.4 Å². The average molecular weight is 494 g/mol. The van der Waals surface area contributed by atoms with Crippen molar-refractivity contribution in [1.82, 2.24) is 4.98 Å². The van der Waals surface area contributed by atoms with Crippen LogP contribution in [0.25, 0.3) is 10.2 Å². The van der Waals surface area contributed by atoms with Crippen LogP contribution in [0, 0.1) is 32.6 Å². The Hall–Kier alpha value is -2.71. The molecule has 176 valence electrons. The summed E-state index contributed by atoms with van der Waals surface area (Å²) in [5, 5.41) is 3.03. The maximum absolute atomic E-state index is 12.9. The number of aryl methyl sites for hydroxylation is 3. The minimum Gasteiger partial charge on any atom is -0.325 e. The zero-order valence-electron chi connectivity index (χ0n) is 19.5. The van der Waals surface area contributed by atoms with Gasteiger partial charge in [-0.15, -0.1) is 11.3 Å². The summed E-state index contributed by atoms with van der Waals surface area (Å²) in [6, 6.07) is 9.66. The van der Waals surface area contributed by atoms with E-state index in [1.807, 2.05) is 32.9 Å². The molecule has 0 unspecified atom stereocenters. The van der Waals surface area contributed by atoms with E-state index in [4.69, 9.17) is 0 Å². The third-order valence-corrected chi connectivity index (χ3v) is 8.88. The highest BCUT2D eigenvalue weighted by Crippen LogP contribution is 2.41. The Balaban J connectivity index is 1.29. The summed E-state index contributed by atoms with van der Waals surface area (Å²) in [5.41, 5.74) is 5.57. The molecule has 2 fully saturated rings. The van der Waals surface area contributed by atoms with Gasteiger partial charge in [0, 0.05) is 5.69 Å². The Kier molecular flexibility index (Phi) is 6.20. The molecular weight excluding hydrogens is 466 g/mol. The van der Waals surface area contributed by atoms with Gasteiger partial charge in [-0.3, -0.25) is 19.3 Å². The van der Waals surface area contributed by atoms with Crippen LogP contribution in [-0.4, -0.2) is 28.5 Å². The predicted octanol–water partition coefficient (Wildman–Crippen LogP) is 5.63. The van der Waals surface area contributed by atoms with Crippen molar-refractivity contribution in [3.8, 4) is 0 Å². The topological polar surface area (TPSA) is 79.4 Å². The van der Waals surface area contributed by atoms with Crippen molar-refractivity contribution in [1.29, 1.82) is 0 Å². The van der Waals surface area contributed by atoms with E-state index in [-0.39, 0.29) is 35.3 Å². The molecule has 1 N–H and O–H groups in total. The van der Waals surface area contributed by atoms with Crippen LogP contribution in [-0.2, 0) is 14.4 Å². The molecule has 5 rings (SSSR count). The number of nitrogens with zero attached hydrogens (tertiary/aromatic N) is 2. The van der Waals surface area contributed by atoms with Gasteiger partial charge in [-0.05, 0) is 62.9 Å². The quantitative estimate of drug-likeness (QED) is 0.368. The normalized spacial score (nSPS) is 20.1. The third kappa shape index (κ3) is 4.25. The number of carbonyl (C=O) groups excluding carboxylic acids is 3. The molecule has 2 aromatic carbocycles. The number of thiazole rings is 1. The van der Waals surface area contributed by atoms with Crippen LogP contribution in [0.5, 0.6) is 0 Å². The van der Waals surface area contributed by atoms with Gasteiger partial charge in [-0.25, -0.2) is 4.98 Å². The Morgan fingerprint density at radius 2 is 1.71 bits per heavy atom. The van der Waals surface area contributed by atoms with E-state index in [9.17, 15) is 14.4 Å². The Morgan fingerprint density at radius 1 is 1.06 bits per heavy atom. The highest BCUT2D eigenvalue weighted by molar-refractivity contribution is 8.01. The zero-order chi connectivity index (χ0) is 24.0. The number of amides is 3. The van der Waals surface area contributed by atoms with Gasteiger partial charge in [0.1, 0.15) is 0 Å². The number of hydrogen-bond acceptors (Lipinski definition) is 6. The number of carbonyl (C=O) groups is 3. The van der Waals surface area contributed by atoms with Crippen molar-refractivity contribution in [2.75, 3.05) is 16.0 Å². The van der Waals surface area contributed by atoms with E-state index in [2.05, 4.69) is 22.4 Å². The molecule has 0 spiro atoms. The van der Waals surface area contributed by atoms with Gasteiger partial charge in [0.05, 0.1) is 33.5 Å². The number of hydrogen-bond donors (Lipinski definition) is 1. The van der Waals surface area contributed by atoms with Crippen molar-refractivity contribution in [2.24, 2.45) is 11.8 Å². The molecular formula is C26H27N3O3S2. The molecule has 2 aliphatic rings. The van der Waals surface area contributed by atoms with Crippen LogP contribution in [0.2, 0.25) is 0 Å². The maximum Gasteiger partial charge on any atom is 0.237 e. The number of imide groups is 1. The average Bonchev–Trinajstić information content (AvgIpc) is 3.32. The highest BCUT2D eigenvalue weighted by Gasteiger charge is 2.48. The van der Waals surface area contributed by atoms with Crippen LogP contribution in [0.1, 0.15) is 42.4 Å². The van der Waals surface area contributed by atoms with E-state index in [0.717, 1.165) is 57.1 Å². The number of fused-ring (bicyclic) bond motifs is 2. The van der Waals surface area contributed by atoms with E-state index in [1.165, 1.54) is 33.6 Å². The first-order valence-electron chi connectivity index (χ1n) is 11.6. The van der Waals surface area contributed by atoms with Crippen LogP contribution in [0.15, 0.2) is 34.7 Å². The lowest BCUT2D eigenvalue weighted by Gasteiger charge is -2.19. The van der Waals surface area contributed by atoms with Gasteiger partial charge in [0.25, 0.3) is 0 Å². The second-order valence-electron chi connectivity index (χ2n) is 9.25. The van der Waals surface area contributed by atoms with E-state index in [1.54, 1.807) is 6.07 Å². The predicted molar refractivity (Wildman–Crippen MR) is 138 cm³/mol. The number of nitrogens with one attached hydrogen (secondary N) is 1. The molecule has 34 heavy (non-hydrogen) atoms. The molecule has 2 heterocycles. The van der Waals surface area contributed by atoms with Crippen molar-refractivity contribution in [2.45, 2.75) is 50.8 Å². The van der Waals surface area contributed by atoms with Crippen LogP contribution >= 0.6 is 23.1 Å². The Bertz CT molecular complexity index is 1270. The summed E-state index contributed by atoms with van der Waals surface area (Å²) in [6.45, 7) is 6.04. The zero-order valence-corrected chi connectivity index (χ0v) is 21.1. The lowest BCUT2D eigenvalue weighted by atomic mass is 9.81. The molecule has 0 radical (unpaired) electrons. The van der Waals surface area contributed by atoms with Gasteiger partial charge < -0.3 is 5.32 Å². The van der Waals surface area contributed by atoms with Gasteiger partial charge in [0.2, 0.25) is 17.7 Å². The fraction of sp³-hybridized carbons (Fsp3) is 0.385. The molecule has 1 aliphatic heterocycles. The molecule has 1 saturated carbocycles. The maximum atomic E-state index is 12.9. The smallest absolute Gasteiger partial charge is 0.237 e. The molecule has 3 aromatic rings. The minimum atomic E-state index is -0.163. The summed E-state index contributed by atoms with van der Waals surface area (Å²) in [6.07, 6.45) is 3.64. The summed E-state index contributed by atoms with van der Waals surface area (Å²) < 4.78 is 1.69. The second kappa shape index (κ2) is 9.15. The Labute approximate surface area is 207 Å². The molecule has 1 saturated heterocycles. The van der Waals surface area contributed by atoms with Gasteiger partial charge >= 0.3 is 0 Å². The van der Waals surface area contributed by atoms with Crippen molar-refractivity contribution in [3.63, 3.8) is 0 Å². The molecule has 0 bridgehead atoms. The monoisotopic (exact) mass is 493 g/mol. The first kappa shape index (κ1) is 23.1. The molecule has 2 atom stereocenters. The number of thioether (sulfide) groups is 1. The van der Waals surface area contributed by atoms with E-state index >= 15 is 0 Å². The summed E-state index contributed by atoms with van der Waals surface area (Å²) in [7, 11) is 0. The van der Waals surface area contributed by atoms with Crippen molar-refractivity contribution in [3.05, 3.63) is 47.0 Å². The largest absolute Gasteiger partial charge is 0.325 e. The number of anilines is 2. The first-order chi connectivity index (χ1) is 16.3. The van der Waals surface area contributed by atoms with Crippen LogP contribution in [0.3, 0.4) is 0 Å². The van der Waals surface area contributed by atoms with Gasteiger partial charge in [0.15, 0.2) is 4.34 Å². The molecule has 3 amide bonds. The fourth-order valence-corrected chi connectivity index (χ4v) is 7.09. The molecule has 1 aliphatic carbocycles. The SMILES string of the molecule is Cc1cc(C)c(NC(=O)CSc2nc3ccc(N4C(=O)[C@H]5CCCC[C@H]5C4=O)cc3s2)c(C)c1. The number of aromatic nitrogens is 1. The molecule has 1 aromatic heterocycles. The van der Waals surface area contributed by atoms with E-state index < -0.39 is 0 Å². The summed E-state index contributed by atoms with van der Waals surface area (Å²) in [5.74, 6) is -0.270. The van der Waals surface area contributed by atoms with Crippen LogP contribution < -0.4 is 10.2 Å². The lowest BCUT2D eigenvalue weighted by molar-refractivity contribution is -0.122. The molecule has 8 heteroatoms. The fourth-order valence-electron chi connectivity index (χ4n) is 5.19. The highest BCUT2D eigenvalue weighted by atomic mass is 32.2. The third-order valence-electron chi connectivity index (χ3n) is 6.72. The van der Waals surface area contributed by atoms with E-state index in [0.29, 0.717) is 5.69 Å². The minimum absolute atomic E-state index is 0.0634. The summed E-state index contributed by atoms with van der Waals surface area (Å²) in [4.78, 5) is 44.4. The van der Waals surface area contributed by atoms with Gasteiger partial charge in [-0.2, -0.15) is 0 Å². The standard InChI is InChI=1S/C26H27N3O3S2/c1-14-10-15(2)23(16(3)11-14)28-22(30)13-33-26-27-20-9-8-17(12-21(20)34-26)29-24(31)18-6-4-5-7-19(18)25(29)32/h8-12,18-19H,4-7,13H2,1-3H3,(H,28,30)/t18-,19+. The Morgan fingerprint density at radius 3 is 2.35 bits per heavy atom. The van der Waals surface area contributed by atoms with Crippen LogP contribution in [0.4, 0.5) is 11.4 Å². The van der Waals surface area contributed by atoms with Crippen molar-refractivity contribution < 1.29 is 14.4 Å². The lowest BCUT2D eigenvalue weighted by Crippen LogP contribution is -2.30.